The van der Waals surface area contributed by atoms with E-state index in [0.29, 0.717) is 18.3 Å². The SMILES string of the molecule is COc1ccc(C)cc1Nc1cc(C)nc(NCc2ccc3c(c2)OCO3)n1. The average Bonchev–Trinajstić information content (AvgIpc) is 3.14. The first-order valence-corrected chi connectivity index (χ1v) is 9.00. The standard InChI is InChI=1S/C21H22N4O3/c1-13-4-6-17(26-3)16(8-13)24-20-9-14(2)23-21(25-20)22-11-15-5-7-18-19(10-15)28-12-27-18/h4-10H,11-12H2,1-3H3,(H2,22,23,24,25). The predicted octanol–water partition coefficient (Wildman–Crippen LogP) is 4.19. The highest BCUT2D eigenvalue weighted by atomic mass is 16.7. The lowest BCUT2D eigenvalue weighted by atomic mass is 10.2. The number of ether oxygens (including phenoxy) is 3. The van der Waals surface area contributed by atoms with E-state index in [2.05, 4.69) is 20.6 Å². The van der Waals surface area contributed by atoms with Crippen molar-refractivity contribution in [2.45, 2.75) is 20.4 Å². The number of methoxy groups -OCH3 is 1. The number of rotatable bonds is 6. The Kier molecular flexibility index (Phi) is 4.89. The Bertz CT molecular complexity index is 1010. The summed E-state index contributed by atoms with van der Waals surface area (Å²) in [5.41, 5.74) is 3.92. The Morgan fingerprint density at radius 1 is 1.00 bits per heavy atom. The van der Waals surface area contributed by atoms with Crippen molar-refractivity contribution in [3.63, 3.8) is 0 Å². The van der Waals surface area contributed by atoms with Crippen molar-refractivity contribution >= 4 is 17.5 Å². The minimum atomic E-state index is 0.269. The fourth-order valence-corrected chi connectivity index (χ4v) is 3.00. The second-order valence-corrected chi connectivity index (χ2v) is 6.59. The highest BCUT2D eigenvalue weighted by Crippen LogP contribution is 2.32. The summed E-state index contributed by atoms with van der Waals surface area (Å²) in [7, 11) is 1.65. The van der Waals surface area contributed by atoms with Crippen LogP contribution in [0.4, 0.5) is 17.5 Å². The van der Waals surface area contributed by atoms with Crippen molar-refractivity contribution in [2.24, 2.45) is 0 Å². The maximum atomic E-state index is 5.43. The fraction of sp³-hybridized carbons (Fsp3) is 0.238. The second-order valence-electron chi connectivity index (χ2n) is 6.59. The minimum Gasteiger partial charge on any atom is -0.495 e. The number of aryl methyl sites for hydroxylation is 2. The van der Waals surface area contributed by atoms with Crippen molar-refractivity contribution < 1.29 is 14.2 Å². The molecule has 2 heterocycles. The molecule has 0 unspecified atom stereocenters. The van der Waals surface area contributed by atoms with Crippen LogP contribution in [0.5, 0.6) is 17.2 Å². The van der Waals surface area contributed by atoms with E-state index in [-0.39, 0.29) is 6.79 Å². The van der Waals surface area contributed by atoms with E-state index in [0.717, 1.165) is 39.8 Å². The van der Waals surface area contributed by atoms with Crippen LogP contribution in [0.25, 0.3) is 0 Å². The van der Waals surface area contributed by atoms with Gasteiger partial charge in [0, 0.05) is 18.3 Å². The quantitative estimate of drug-likeness (QED) is 0.666. The molecule has 0 radical (unpaired) electrons. The number of nitrogens with zero attached hydrogens (tertiary/aromatic N) is 2. The lowest BCUT2D eigenvalue weighted by Crippen LogP contribution is -2.06. The summed E-state index contributed by atoms with van der Waals surface area (Å²) in [6.07, 6.45) is 0. The maximum absolute atomic E-state index is 5.43. The third kappa shape index (κ3) is 3.93. The summed E-state index contributed by atoms with van der Waals surface area (Å²) in [5.74, 6) is 3.54. The van der Waals surface area contributed by atoms with E-state index in [1.54, 1.807) is 7.11 Å². The number of hydrogen-bond acceptors (Lipinski definition) is 7. The van der Waals surface area contributed by atoms with Crippen LogP contribution < -0.4 is 24.8 Å². The number of aromatic nitrogens is 2. The molecule has 1 aromatic heterocycles. The third-order valence-electron chi connectivity index (χ3n) is 4.36. The Morgan fingerprint density at radius 2 is 1.86 bits per heavy atom. The Morgan fingerprint density at radius 3 is 2.71 bits per heavy atom. The van der Waals surface area contributed by atoms with Gasteiger partial charge in [-0.3, -0.25) is 0 Å². The van der Waals surface area contributed by atoms with E-state index < -0.39 is 0 Å². The smallest absolute Gasteiger partial charge is 0.231 e. The molecule has 7 nitrogen and oxygen atoms in total. The molecule has 3 aromatic rings. The maximum Gasteiger partial charge on any atom is 0.231 e. The highest BCUT2D eigenvalue weighted by Gasteiger charge is 2.13. The van der Waals surface area contributed by atoms with Crippen LogP contribution >= 0.6 is 0 Å². The summed E-state index contributed by atoms with van der Waals surface area (Å²) >= 11 is 0. The minimum absolute atomic E-state index is 0.269. The van der Waals surface area contributed by atoms with Gasteiger partial charge in [-0.05, 0) is 49.2 Å². The Balaban J connectivity index is 1.50. The molecule has 2 aromatic carbocycles. The molecular weight excluding hydrogens is 356 g/mol. The molecule has 0 aliphatic carbocycles. The van der Waals surface area contributed by atoms with Crippen molar-refractivity contribution in [1.82, 2.24) is 9.97 Å². The van der Waals surface area contributed by atoms with Crippen molar-refractivity contribution in [3.05, 3.63) is 59.3 Å². The molecule has 1 aliphatic rings. The first-order valence-electron chi connectivity index (χ1n) is 9.00. The third-order valence-corrected chi connectivity index (χ3v) is 4.36. The van der Waals surface area contributed by atoms with Gasteiger partial charge in [-0.1, -0.05) is 12.1 Å². The van der Waals surface area contributed by atoms with Gasteiger partial charge >= 0.3 is 0 Å². The Hall–Kier alpha value is -3.48. The van der Waals surface area contributed by atoms with Crippen molar-refractivity contribution in [2.75, 3.05) is 24.5 Å². The van der Waals surface area contributed by atoms with E-state index in [9.17, 15) is 0 Å². The number of hydrogen-bond donors (Lipinski definition) is 2. The molecule has 7 heteroatoms. The monoisotopic (exact) mass is 378 g/mol. The summed E-state index contributed by atoms with van der Waals surface area (Å²) in [4.78, 5) is 9.05. The second kappa shape index (κ2) is 7.64. The largest absolute Gasteiger partial charge is 0.495 e. The number of fused-ring (bicyclic) bond motifs is 1. The van der Waals surface area contributed by atoms with E-state index in [4.69, 9.17) is 14.2 Å². The zero-order valence-corrected chi connectivity index (χ0v) is 16.1. The zero-order valence-electron chi connectivity index (χ0n) is 16.1. The lowest BCUT2D eigenvalue weighted by molar-refractivity contribution is 0.174. The van der Waals surface area contributed by atoms with Gasteiger partial charge in [0.25, 0.3) is 0 Å². The molecule has 144 valence electrons. The van der Waals surface area contributed by atoms with E-state index >= 15 is 0 Å². The van der Waals surface area contributed by atoms with E-state index in [1.165, 1.54) is 0 Å². The van der Waals surface area contributed by atoms with Gasteiger partial charge in [-0.2, -0.15) is 4.98 Å². The molecule has 0 bridgehead atoms. The van der Waals surface area contributed by atoms with Gasteiger partial charge in [-0.15, -0.1) is 0 Å². The van der Waals surface area contributed by atoms with Crippen LogP contribution in [-0.2, 0) is 6.54 Å². The van der Waals surface area contributed by atoms with E-state index in [1.807, 2.05) is 56.3 Å². The Labute approximate surface area is 163 Å². The van der Waals surface area contributed by atoms with Gasteiger partial charge in [0.1, 0.15) is 11.6 Å². The molecule has 0 atom stereocenters. The zero-order chi connectivity index (χ0) is 19.5. The normalized spacial score (nSPS) is 12.0. The average molecular weight is 378 g/mol. The number of anilines is 3. The topological polar surface area (TPSA) is 77.5 Å². The van der Waals surface area contributed by atoms with Gasteiger partial charge in [0.05, 0.1) is 12.8 Å². The first-order chi connectivity index (χ1) is 13.6. The van der Waals surface area contributed by atoms with Gasteiger partial charge in [-0.25, -0.2) is 4.98 Å². The highest BCUT2D eigenvalue weighted by molar-refractivity contribution is 5.65. The lowest BCUT2D eigenvalue weighted by Gasteiger charge is -2.13. The fourth-order valence-electron chi connectivity index (χ4n) is 3.00. The van der Waals surface area contributed by atoms with Crippen LogP contribution in [0, 0.1) is 13.8 Å². The predicted molar refractivity (Wildman–Crippen MR) is 108 cm³/mol. The molecule has 0 fully saturated rings. The van der Waals surface area contributed by atoms with Crippen molar-refractivity contribution in [3.8, 4) is 17.2 Å². The summed E-state index contributed by atoms with van der Waals surface area (Å²) in [6, 6.07) is 13.7. The van der Waals surface area contributed by atoms with Crippen LogP contribution in [0.15, 0.2) is 42.5 Å². The summed E-state index contributed by atoms with van der Waals surface area (Å²) in [5, 5.41) is 6.59. The molecule has 0 saturated heterocycles. The molecular formula is C21H22N4O3. The molecule has 4 rings (SSSR count). The molecule has 0 saturated carbocycles. The molecule has 0 spiro atoms. The number of nitrogens with one attached hydrogen (secondary N) is 2. The van der Waals surface area contributed by atoms with Crippen LogP contribution in [-0.4, -0.2) is 23.9 Å². The van der Waals surface area contributed by atoms with Gasteiger partial charge < -0.3 is 24.8 Å². The summed E-state index contributed by atoms with van der Waals surface area (Å²) < 4.78 is 16.2. The van der Waals surface area contributed by atoms with Crippen molar-refractivity contribution in [1.29, 1.82) is 0 Å². The summed E-state index contributed by atoms with van der Waals surface area (Å²) in [6.45, 7) is 4.82. The molecule has 0 amide bonds. The molecule has 2 N–H and O–H groups in total. The molecule has 28 heavy (non-hydrogen) atoms. The number of benzene rings is 2. The molecule has 1 aliphatic heterocycles. The van der Waals surface area contributed by atoms with Crippen LogP contribution in [0.2, 0.25) is 0 Å². The van der Waals surface area contributed by atoms with Gasteiger partial charge in [0.15, 0.2) is 11.5 Å². The van der Waals surface area contributed by atoms with Crippen LogP contribution in [0.3, 0.4) is 0 Å². The first kappa shape index (κ1) is 17.9. The van der Waals surface area contributed by atoms with Crippen LogP contribution in [0.1, 0.15) is 16.8 Å². The van der Waals surface area contributed by atoms with Gasteiger partial charge in [0.2, 0.25) is 12.7 Å².